The summed E-state index contributed by atoms with van der Waals surface area (Å²) in [4.78, 5) is 24.6. The van der Waals surface area contributed by atoms with Gasteiger partial charge in [-0.25, -0.2) is 4.68 Å². The molecule has 0 saturated heterocycles. The first kappa shape index (κ1) is 16.6. The summed E-state index contributed by atoms with van der Waals surface area (Å²) >= 11 is 0. The van der Waals surface area contributed by atoms with Gasteiger partial charge in [0.25, 0.3) is 5.56 Å². The van der Waals surface area contributed by atoms with Gasteiger partial charge in [0.05, 0.1) is 5.69 Å². The topological polar surface area (TPSA) is 64.0 Å². The van der Waals surface area contributed by atoms with Crippen molar-refractivity contribution in [1.82, 2.24) is 9.78 Å². The predicted octanol–water partition coefficient (Wildman–Crippen LogP) is 3.42. The van der Waals surface area contributed by atoms with Gasteiger partial charge in [-0.3, -0.25) is 9.59 Å². The normalized spacial score (nSPS) is 11.8. The number of para-hydroxylation sites is 1. The van der Waals surface area contributed by atoms with Gasteiger partial charge >= 0.3 is 0 Å². The molecule has 3 rings (SSSR count). The Bertz CT molecular complexity index is 931. The Balaban J connectivity index is 1.88. The molecule has 0 aliphatic heterocycles. The summed E-state index contributed by atoms with van der Waals surface area (Å²) in [6.07, 6.45) is 0. The van der Waals surface area contributed by atoms with Crippen molar-refractivity contribution in [2.75, 3.05) is 5.32 Å². The van der Waals surface area contributed by atoms with E-state index in [4.69, 9.17) is 0 Å². The van der Waals surface area contributed by atoms with Gasteiger partial charge in [-0.05, 0) is 32.0 Å². The molecule has 1 aromatic heterocycles. The first-order chi connectivity index (χ1) is 12.0. The summed E-state index contributed by atoms with van der Waals surface area (Å²) in [5, 5.41) is 7.17. The Labute approximate surface area is 145 Å². The maximum Gasteiger partial charge on any atom is 0.267 e. The fourth-order valence-electron chi connectivity index (χ4n) is 2.46. The SMILES string of the molecule is Cc1ccc(-c2ccc(=O)n([C@@H](C)C(=O)Nc3ccccc3)n2)cc1. The smallest absolute Gasteiger partial charge is 0.267 e. The van der Waals surface area contributed by atoms with Crippen LogP contribution in [-0.2, 0) is 4.79 Å². The van der Waals surface area contributed by atoms with Crippen molar-refractivity contribution in [3.63, 3.8) is 0 Å². The van der Waals surface area contributed by atoms with Crippen LogP contribution in [0.25, 0.3) is 11.3 Å². The Morgan fingerprint density at radius 2 is 1.68 bits per heavy atom. The number of anilines is 1. The number of amides is 1. The fourth-order valence-corrected chi connectivity index (χ4v) is 2.46. The Hall–Kier alpha value is -3.21. The highest BCUT2D eigenvalue weighted by molar-refractivity contribution is 5.93. The minimum atomic E-state index is -0.724. The molecule has 1 amide bonds. The highest BCUT2D eigenvalue weighted by Crippen LogP contribution is 2.17. The molecule has 0 radical (unpaired) electrons. The summed E-state index contributed by atoms with van der Waals surface area (Å²) in [7, 11) is 0. The number of aromatic nitrogens is 2. The van der Waals surface area contributed by atoms with Crippen LogP contribution in [0.3, 0.4) is 0 Å². The summed E-state index contributed by atoms with van der Waals surface area (Å²) in [5.41, 5.74) is 3.07. The van der Waals surface area contributed by atoms with Crippen molar-refractivity contribution in [1.29, 1.82) is 0 Å². The molecule has 3 aromatic rings. The first-order valence-corrected chi connectivity index (χ1v) is 8.07. The summed E-state index contributed by atoms with van der Waals surface area (Å²) < 4.78 is 1.22. The third kappa shape index (κ3) is 3.83. The van der Waals surface area contributed by atoms with Gasteiger partial charge in [-0.2, -0.15) is 5.10 Å². The lowest BCUT2D eigenvalue weighted by atomic mass is 10.1. The number of carbonyl (C=O) groups is 1. The van der Waals surface area contributed by atoms with Gasteiger partial charge < -0.3 is 5.32 Å². The van der Waals surface area contributed by atoms with Crippen LogP contribution in [0.1, 0.15) is 18.5 Å². The number of hydrogen-bond donors (Lipinski definition) is 1. The molecule has 0 fully saturated rings. The van der Waals surface area contributed by atoms with Gasteiger partial charge in [0.1, 0.15) is 6.04 Å². The Morgan fingerprint density at radius 3 is 2.36 bits per heavy atom. The van der Waals surface area contributed by atoms with Gasteiger partial charge in [0.2, 0.25) is 5.91 Å². The molecular weight excluding hydrogens is 314 g/mol. The van der Waals surface area contributed by atoms with E-state index in [2.05, 4.69) is 10.4 Å². The second kappa shape index (κ2) is 7.13. The van der Waals surface area contributed by atoms with Crippen molar-refractivity contribution in [3.8, 4) is 11.3 Å². The molecular formula is C20H19N3O2. The number of hydrogen-bond acceptors (Lipinski definition) is 3. The van der Waals surface area contributed by atoms with Crippen molar-refractivity contribution >= 4 is 11.6 Å². The minimum absolute atomic E-state index is 0.290. The molecule has 0 bridgehead atoms. The predicted molar refractivity (Wildman–Crippen MR) is 98.5 cm³/mol. The van der Waals surface area contributed by atoms with Crippen LogP contribution in [0.5, 0.6) is 0 Å². The minimum Gasteiger partial charge on any atom is -0.324 e. The fraction of sp³-hybridized carbons (Fsp3) is 0.150. The molecule has 2 aromatic carbocycles. The molecule has 0 aliphatic carbocycles. The van der Waals surface area contributed by atoms with Crippen molar-refractivity contribution in [2.45, 2.75) is 19.9 Å². The number of nitrogens with one attached hydrogen (secondary N) is 1. The average molecular weight is 333 g/mol. The van der Waals surface area contributed by atoms with Gasteiger partial charge in [-0.1, -0.05) is 48.0 Å². The maximum absolute atomic E-state index is 12.4. The number of nitrogens with zero attached hydrogens (tertiary/aromatic N) is 2. The molecule has 1 N–H and O–H groups in total. The summed E-state index contributed by atoms with van der Waals surface area (Å²) in [6.45, 7) is 3.67. The van der Waals surface area contributed by atoms with Crippen LogP contribution in [0.4, 0.5) is 5.69 Å². The van der Waals surface area contributed by atoms with E-state index in [1.807, 2.05) is 49.4 Å². The largest absolute Gasteiger partial charge is 0.324 e. The molecule has 1 heterocycles. The standard InChI is InChI=1S/C20H19N3O2/c1-14-8-10-16(11-9-14)18-12-13-19(24)23(22-18)15(2)20(25)21-17-6-4-3-5-7-17/h3-13,15H,1-2H3,(H,21,25)/t15-/m0/s1. The molecule has 25 heavy (non-hydrogen) atoms. The summed E-state index contributed by atoms with van der Waals surface area (Å²) in [5.74, 6) is -0.290. The molecule has 0 spiro atoms. The quantitative estimate of drug-likeness (QED) is 0.796. The number of carbonyl (C=O) groups excluding carboxylic acids is 1. The third-order valence-electron chi connectivity index (χ3n) is 3.96. The highest BCUT2D eigenvalue weighted by atomic mass is 16.2. The van der Waals surface area contributed by atoms with Crippen molar-refractivity contribution in [3.05, 3.63) is 82.6 Å². The molecule has 1 atom stereocenters. The lowest BCUT2D eigenvalue weighted by molar-refractivity contribution is -0.119. The van der Waals surface area contributed by atoms with Gasteiger partial charge in [0.15, 0.2) is 0 Å². The van der Waals surface area contributed by atoms with Crippen molar-refractivity contribution < 1.29 is 4.79 Å². The first-order valence-electron chi connectivity index (χ1n) is 8.07. The zero-order chi connectivity index (χ0) is 17.8. The van der Waals surface area contributed by atoms with Crippen molar-refractivity contribution in [2.24, 2.45) is 0 Å². The average Bonchev–Trinajstić information content (AvgIpc) is 2.63. The van der Waals surface area contributed by atoms with Crippen LogP contribution in [0.15, 0.2) is 71.5 Å². The third-order valence-corrected chi connectivity index (χ3v) is 3.96. The molecule has 0 unspecified atom stereocenters. The van der Waals surface area contributed by atoms with Gasteiger partial charge in [-0.15, -0.1) is 0 Å². The molecule has 5 nitrogen and oxygen atoms in total. The Morgan fingerprint density at radius 1 is 1.00 bits per heavy atom. The molecule has 5 heteroatoms. The van der Waals surface area contributed by atoms with E-state index in [0.717, 1.165) is 11.1 Å². The number of aryl methyl sites for hydroxylation is 1. The van der Waals surface area contributed by atoms with E-state index < -0.39 is 6.04 Å². The van der Waals surface area contributed by atoms with Crippen LogP contribution in [0, 0.1) is 6.92 Å². The number of rotatable bonds is 4. The van der Waals surface area contributed by atoms with Crippen LogP contribution in [-0.4, -0.2) is 15.7 Å². The number of benzene rings is 2. The van der Waals surface area contributed by atoms with Gasteiger partial charge in [0, 0.05) is 17.3 Å². The highest BCUT2D eigenvalue weighted by Gasteiger charge is 2.18. The Kier molecular flexibility index (Phi) is 4.75. The van der Waals surface area contributed by atoms with Crippen LogP contribution >= 0.6 is 0 Å². The van der Waals surface area contributed by atoms with E-state index in [1.165, 1.54) is 10.7 Å². The van der Waals surface area contributed by atoms with E-state index in [0.29, 0.717) is 11.4 Å². The second-order valence-electron chi connectivity index (χ2n) is 5.90. The van der Waals surface area contributed by atoms with E-state index >= 15 is 0 Å². The molecule has 0 aliphatic rings. The zero-order valence-electron chi connectivity index (χ0n) is 14.1. The molecule has 0 saturated carbocycles. The lowest BCUT2D eigenvalue weighted by Gasteiger charge is -2.15. The van der Waals surface area contributed by atoms with Crippen LogP contribution in [0.2, 0.25) is 0 Å². The monoisotopic (exact) mass is 333 g/mol. The second-order valence-corrected chi connectivity index (χ2v) is 5.90. The maximum atomic E-state index is 12.4. The lowest BCUT2D eigenvalue weighted by Crippen LogP contribution is -2.33. The zero-order valence-corrected chi connectivity index (χ0v) is 14.1. The van der Waals surface area contributed by atoms with Crippen LogP contribution < -0.4 is 10.9 Å². The van der Waals surface area contributed by atoms with E-state index in [-0.39, 0.29) is 11.5 Å². The summed E-state index contributed by atoms with van der Waals surface area (Å²) in [6, 6.07) is 19.4. The van der Waals surface area contributed by atoms with E-state index in [1.54, 1.807) is 25.1 Å². The molecule has 126 valence electrons. The van der Waals surface area contributed by atoms with E-state index in [9.17, 15) is 9.59 Å².